The van der Waals surface area contributed by atoms with Gasteiger partial charge in [-0.1, -0.05) is 0 Å². The Morgan fingerprint density at radius 1 is 0.583 bits per heavy atom. The van der Waals surface area contributed by atoms with Gasteiger partial charge in [-0.2, -0.15) is 0 Å². The van der Waals surface area contributed by atoms with Crippen molar-refractivity contribution in [2.24, 2.45) is 0 Å². The predicted octanol–water partition coefficient (Wildman–Crippen LogP) is -4.13. The van der Waals surface area contributed by atoms with E-state index in [2.05, 4.69) is 0 Å². The molecule has 24 heavy (non-hydrogen) atoms. The largest absolute Gasteiger partial charge is 1.00 e. The van der Waals surface area contributed by atoms with Crippen molar-refractivity contribution in [3.05, 3.63) is 46.5 Å². The summed E-state index contributed by atoms with van der Waals surface area (Å²) in [7, 11) is 0. The first-order valence-electron chi connectivity index (χ1n) is 5.77. The molecule has 8 nitrogen and oxygen atoms in total. The first kappa shape index (κ1) is 23.9. The zero-order valence-corrected chi connectivity index (χ0v) is 19.0. The normalized spacial score (nSPS) is 9.50. The van der Waals surface area contributed by atoms with Crippen LogP contribution in [0.2, 0.25) is 0 Å². The fourth-order valence-electron chi connectivity index (χ4n) is 2.06. The first-order chi connectivity index (χ1) is 10.2. The van der Waals surface area contributed by atoms with E-state index in [1.54, 1.807) is 0 Å². The van der Waals surface area contributed by atoms with Gasteiger partial charge < -0.3 is 23.3 Å². The number of hydrogen-bond acceptors (Lipinski definition) is 4. The summed E-state index contributed by atoms with van der Waals surface area (Å²) in [6.07, 6.45) is 0. The molecule has 0 radical (unpaired) electrons. The smallest absolute Gasteiger partial charge is 1.00 e. The Hall–Kier alpha value is -0.147. The molecule has 0 saturated heterocycles. The second kappa shape index (κ2) is 9.52. The Kier molecular flexibility index (Phi) is 9.46. The number of carboxylic acids is 4. The summed E-state index contributed by atoms with van der Waals surface area (Å²) in [5, 5.41) is 36.0. The van der Waals surface area contributed by atoms with Crippen LogP contribution in [-0.2, 0) is 0 Å². The van der Waals surface area contributed by atoms with Gasteiger partial charge in [0.05, 0.1) is 22.3 Å². The van der Waals surface area contributed by atoms with Crippen LogP contribution in [0.15, 0.2) is 24.3 Å². The number of benzene rings is 2. The summed E-state index contributed by atoms with van der Waals surface area (Å²) in [6.45, 7) is 0. The average molecular weight is 384 g/mol. The number of carboxylic acid groups (broad SMARTS) is 4. The van der Waals surface area contributed by atoms with Gasteiger partial charge in [-0.05, 0) is 35.0 Å². The van der Waals surface area contributed by atoms with Crippen LogP contribution in [0.5, 0.6) is 0 Å². The fourth-order valence-corrected chi connectivity index (χ4v) is 2.06. The van der Waals surface area contributed by atoms with E-state index in [0.29, 0.717) is 0 Å². The molecule has 116 valence electrons. The maximum Gasteiger partial charge on any atom is 1.00 e. The van der Waals surface area contributed by atoms with Gasteiger partial charge in [0.2, 0.25) is 0 Å². The number of fused-ring (bicyclic) bond motifs is 1. The summed E-state index contributed by atoms with van der Waals surface area (Å²) in [5.74, 6) is -5.84. The number of aromatic carboxylic acids is 4. The maximum absolute atomic E-state index is 11.3. The van der Waals surface area contributed by atoms with Crippen molar-refractivity contribution >= 4 is 34.6 Å². The maximum atomic E-state index is 11.3. The molecule has 2 rings (SSSR count). The van der Waals surface area contributed by atoms with Crippen molar-refractivity contribution in [1.29, 1.82) is 0 Å². The van der Waals surface area contributed by atoms with Crippen LogP contribution in [0.1, 0.15) is 44.3 Å². The third kappa shape index (κ3) is 4.94. The van der Waals surface area contributed by atoms with E-state index in [-0.39, 0.29) is 116 Å². The van der Waals surface area contributed by atoms with E-state index in [9.17, 15) is 19.2 Å². The molecule has 0 amide bonds. The second-order valence-electron chi connectivity index (χ2n) is 4.36. The second-order valence-corrected chi connectivity index (χ2v) is 4.36. The molecule has 0 aliphatic rings. The minimum absolute atomic E-state index is 0. The van der Waals surface area contributed by atoms with Gasteiger partial charge in [0.25, 0.3) is 0 Å². The zero-order chi connectivity index (χ0) is 16.6. The monoisotopic (exact) mass is 384 g/mol. The summed E-state index contributed by atoms with van der Waals surface area (Å²) in [6, 6.07) is 3.70. The molecule has 0 aliphatic carbocycles. The summed E-state index contributed by atoms with van der Waals surface area (Å²) in [5.41, 5.74) is -1.79. The third-order valence-corrected chi connectivity index (χ3v) is 3.02. The van der Waals surface area contributed by atoms with Crippen LogP contribution >= 0.6 is 0 Å². The number of rotatable bonds is 4. The quantitative estimate of drug-likeness (QED) is 0.388. The van der Waals surface area contributed by atoms with Crippen LogP contribution in [0.25, 0.3) is 10.8 Å². The molecule has 0 atom stereocenters. The Labute approximate surface area is 222 Å². The van der Waals surface area contributed by atoms with Crippen molar-refractivity contribution < 1.29 is 145 Å². The molecule has 0 fully saturated rings. The van der Waals surface area contributed by atoms with Crippen LogP contribution in [0, 0.1) is 0 Å². The molecular weight excluding hydrogens is 374 g/mol. The Bertz CT molecular complexity index is 798. The van der Waals surface area contributed by atoms with Crippen molar-refractivity contribution in [1.82, 2.24) is 0 Å². The van der Waals surface area contributed by atoms with E-state index in [4.69, 9.17) is 20.4 Å². The molecule has 2 aromatic rings. The number of hydrogen-bond donors (Lipinski definition) is 4. The van der Waals surface area contributed by atoms with Gasteiger partial charge in [-0.3, -0.25) is 0 Å². The standard InChI is InChI=1S/C14H8O8.2K.2H/c15-11(16)5-1-7-8(10(3-5)14(21)22)2-6(12(17)18)4-9(7)13(19)20;;;;/h1-4H,(H,15,16)(H,17,18)(H,19,20)(H,21,22);;;;/q;2*+1;2*-1. The van der Waals surface area contributed by atoms with Crippen molar-refractivity contribution in [3.63, 3.8) is 0 Å². The van der Waals surface area contributed by atoms with Gasteiger partial charge in [-0.25, -0.2) is 19.2 Å². The molecule has 4 N–H and O–H groups in total. The fraction of sp³-hybridized carbons (Fsp3) is 0. The molecule has 0 bridgehead atoms. The van der Waals surface area contributed by atoms with E-state index in [1.165, 1.54) is 0 Å². The van der Waals surface area contributed by atoms with Crippen LogP contribution in [0.3, 0.4) is 0 Å². The van der Waals surface area contributed by atoms with Crippen molar-refractivity contribution in [3.8, 4) is 0 Å². The Morgan fingerprint density at radius 2 is 0.875 bits per heavy atom. The molecule has 10 heteroatoms. The molecule has 0 aromatic heterocycles. The minimum Gasteiger partial charge on any atom is -1.00 e. The SMILES string of the molecule is O=C(O)c1cc(C(=O)O)c2cc(C(=O)O)cc(C(=O)O)c2c1.[H-].[H-].[K+].[K+]. The van der Waals surface area contributed by atoms with Gasteiger partial charge in [0.1, 0.15) is 0 Å². The average Bonchev–Trinajstić information content (AvgIpc) is 2.44. The van der Waals surface area contributed by atoms with Gasteiger partial charge in [0.15, 0.2) is 0 Å². The van der Waals surface area contributed by atoms with Crippen LogP contribution < -0.4 is 103 Å². The summed E-state index contributed by atoms with van der Waals surface area (Å²) < 4.78 is 0. The van der Waals surface area contributed by atoms with Crippen LogP contribution in [-0.4, -0.2) is 44.3 Å². The van der Waals surface area contributed by atoms with Gasteiger partial charge in [-0.15, -0.1) is 0 Å². The minimum atomic E-state index is -1.49. The molecule has 2 aromatic carbocycles. The number of carbonyl (C=O) groups is 4. The van der Waals surface area contributed by atoms with E-state index < -0.39 is 46.1 Å². The molecule has 0 unspecified atom stereocenters. The van der Waals surface area contributed by atoms with E-state index in [1.807, 2.05) is 0 Å². The first-order valence-corrected chi connectivity index (χ1v) is 5.77. The summed E-state index contributed by atoms with van der Waals surface area (Å²) in [4.78, 5) is 44.6. The Morgan fingerprint density at radius 3 is 1.08 bits per heavy atom. The topological polar surface area (TPSA) is 149 Å². The summed E-state index contributed by atoms with van der Waals surface area (Å²) >= 11 is 0. The predicted molar refractivity (Wildman–Crippen MR) is 74.0 cm³/mol. The molecule has 0 saturated carbocycles. The molecule has 0 aliphatic heterocycles. The van der Waals surface area contributed by atoms with Crippen LogP contribution in [0.4, 0.5) is 0 Å². The van der Waals surface area contributed by atoms with Gasteiger partial charge in [0, 0.05) is 0 Å². The van der Waals surface area contributed by atoms with E-state index >= 15 is 0 Å². The van der Waals surface area contributed by atoms with E-state index in [0.717, 1.165) is 24.3 Å². The molecule has 0 spiro atoms. The third-order valence-electron chi connectivity index (χ3n) is 3.02. The molecular formula is C14H10K2O8. The Balaban J connectivity index is -0.00000132. The van der Waals surface area contributed by atoms with Crippen molar-refractivity contribution in [2.75, 3.05) is 0 Å². The van der Waals surface area contributed by atoms with Crippen molar-refractivity contribution in [2.45, 2.75) is 0 Å². The van der Waals surface area contributed by atoms with Gasteiger partial charge >= 0.3 is 127 Å². The zero-order valence-electron chi connectivity index (χ0n) is 14.7. The molecule has 0 heterocycles.